The first-order valence-electron chi connectivity index (χ1n) is 7.76. The second-order valence-electron chi connectivity index (χ2n) is 5.99. The fraction of sp³-hybridized carbons (Fsp3) is 0.750. The summed E-state index contributed by atoms with van der Waals surface area (Å²) in [6.07, 6.45) is 5.41. The van der Waals surface area contributed by atoms with Crippen LogP contribution in [0.2, 0.25) is 0 Å². The summed E-state index contributed by atoms with van der Waals surface area (Å²) >= 11 is 0. The van der Waals surface area contributed by atoms with Crippen molar-refractivity contribution in [2.45, 2.75) is 46.1 Å². The molecule has 0 amide bonds. The van der Waals surface area contributed by atoms with Crippen LogP contribution < -0.4 is 5.32 Å². The smallest absolute Gasteiger partial charge is 0.157 e. The maximum atomic E-state index is 5.81. The van der Waals surface area contributed by atoms with Gasteiger partial charge in [-0.05, 0) is 57.2 Å². The van der Waals surface area contributed by atoms with Crippen molar-refractivity contribution < 1.29 is 4.74 Å². The predicted molar refractivity (Wildman–Crippen MR) is 80.7 cm³/mol. The summed E-state index contributed by atoms with van der Waals surface area (Å²) in [6.45, 7) is 8.12. The second-order valence-corrected chi connectivity index (χ2v) is 5.99. The minimum atomic E-state index is 0.0142. The van der Waals surface area contributed by atoms with Crippen LogP contribution in [0.15, 0.2) is 6.20 Å². The Labute approximate surface area is 122 Å². The van der Waals surface area contributed by atoms with Crippen LogP contribution in [0.5, 0.6) is 0 Å². The molecule has 2 unspecified atom stereocenters. The molecule has 1 aromatic rings. The summed E-state index contributed by atoms with van der Waals surface area (Å²) in [5, 5.41) is 3.27. The summed E-state index contributed by atoms with van der Waals surface area (Å²) in [6, 6.07) is 0. The van der Waals surface area contributed by atoms with Crippen LogP contribution in [0.3, 0.4) is 0 Å². The fourth-order valence-corrected chi connectivity index (χ4v) is 2.94. The van der Waals surface area contributed by atoms with Gasteiger partial charge in [0.15, 0.2) is 5.82 Å². The highest BCUT2D eigenvalue weighted by atomic mass is 16.5. The molecule has 0 spiro atoms. The maximum Gasteiger partial charge on any atom is 0.157 e. The molecule has 0 saturated heterocycles. The molecule has 2 rings (SSSR count). The van der Waals surface area contributed by atoms with Crippen LogP contribution in [0.25, 0.3) is 0 Å². The number of nitrogens with one attached hydrogen (secondary N) is 1. The van der Waals surface area contributed by atoms with Crippen molar-refractivity contribution in [2.24, 2.45) is 11.8 Å². The molecule has 0 aromatic carbocycles. The van der Waals surface area contributed by atoms with Crippen molar-refractivity contribution in [2.75, 3.05) is 20.2 Å². The van der Waals surface area contributed by atoms with Crippen LogP contribution in [-0.4, -0.2) is 30.2 Å². The molecular formula is C16H27N3O. The lowest BCUT2D eigenvalue weighted by Gasteiger charge is -2.25. The van der Waals surface area contributed by atoms with Crippen LogP contribution >= 0.6 is 0 Å². The summed E-state index contributed by atoms with van der Waals surface area (Å²) in [5.74, 6) is 1.97. The lowest BCUT2D eigenvalue weighted by molar-refractivity contribution is 0.0229. The van der Waals surface area contributed by atoms with Gasteiger partial charge in [-0.1, -0.05) is 13.8 Å². The molecule has 4 nitrogen and oxygen atoms in total. The second kappa shape index (κ2) is 7.14. The van der Waals surface area contributed by atoms with Crippen molar-refractivity contribution in [3.05, 3.63) is 23.3 Å². The zero-order chi connectivity index (χ0) is 14.5. The Balaban J connectivity index is 2.16. The summed E-state index contributed by atoms with van der Waals surface area (Å²) in [4.78, 5) is 9.36. The molecule has 0 aliphatic heterocycles. The van der Waals surface area contributed by atoms with Crippen molar-refractivity contribution in [3.63, 3.8) is 0 Å². The number of aromatic nitrogens is 2. The number of hydrogen-bond donors (Lipinski definition) is 1. The van der Waals surface area contributed by atoms with Gasteiger partial charge in [-0.15, -0.1) is 0 Å². The molecule has 0 saturated carbocycles. The van der Waals surface area contributed by atoms with E-state index in [0.717, 1.165) is 31.1 Å². The third-order valence-electron chi connectivity index (χ3n) is 3.97. The molecule has 1 heterocycles. The van der Waals surface area contributed by atoms with Crippen molar-refractivity contribution in [1.82, 2.24) is 15.3 Å². The molecule has 1 aromatic heterocycles. The van der Waals surface area contributed by atoms with Crippen LogP contribution in [0, 0.1) is 11.8 Å². The summed E-state index contributed by atoms with van der Waals surface area (Å²) < 4.78 is 5.81. The molecule has 20 heavy (non-hydrogen) atoms. The van der Waals surface area contributed by atoms with E-state index in [-0.39, 0.29) is 6.10 Å². The zero-order valence-electron chi connectivity index (χ0n) is 13.1. The van der Waals surface area contributed by atoms with Gasteiger partial charge in [-0.25, -0.2) is 9.97 Å². The number of aryl methyl sites for hydroxylation is 1. The third-order valence-corrected chi connectivity index (χ3v) is 3.97. The van der Waals surface area contributed by atoms with Gasteiger partial charge in [-0.3, -0.25) is 0 Å². The molecule has 1 N–H and O–H groups in total. The normalized spacial score (nSPS) is 19.9. The Morgan fingerprint density at radius 1 is 1.45 bits per heavy atom. The summed E-state index contributed by atoms with van der Waals surface area (Å²) in [7, 11) is 2.02. The van der Waals surface area contributed by atoms with E-state index in [9.17, 15) is 0 Å². The van der Waals surface area contributed by atoms with E-state index in [1.807, 2.05) is 20.2 Å². The third kappa shape index (κ3) is 3.55. The van der Waals surface area contributed by atoms with Gasteiger partial charge in [0.05, 0.1) is 0 Å². The molecule has 112 valence electrons. The van der Waals surface area contributed by atoms with Crippen LogP contribution in [-0.2, 0) is 17.6 Å². The van der Waals surface area contributed by atoms with Gasteiger partial charge in [0.2, 0.25) is 0 Å². The van der Waals surface area contributed by atoms with E-state index in [4.69, 9.17) is 9.72 Å². The lowest BCUT2D eigenvalue weighted by Crippen LogP contribution is -2.26. The first-order chi connectivity index (χ1) is 9.65. The number of ether oxygens (including phenoxy) is 1. The SMILES string of the molecule is CCOC(c1ncc2c(n1)CCC(CNC)C2)C(C)C. The standard InChI is InChI=1S/C16H27N3O/c1-5-20-15(11(2)3)16-18-10-13-8-12(9-17-4)6-7-14(13)19-16/h10-12,15,17H,5-9H2,1-4H3. The first kappa shape index (κ1) is 15.4. The van der Waals surface area contributed by atoms with E-state index in [1.54, 1.807) is 0 Å². The van der Waals surface area contributed by atoms with E-state index in [1.165, 1.54) is 17.7 Å². The van der Waals surface area contributed by atoms with Crippen LogP contribution in [0.1, 0.15) is 50.4 Å². The van der Waals surface area contributed by atoms with Gasteiger partial charge in [0, 0.05) is 18.5 Å². The Hall–Kier alpha value is -1.00. The molecule has 2 atom stereocenters. The van der Waals surface area contributed by atoms with Crippen molar-refractivity contribution in [1.29, 1.82) is 0 Å². The molecule has 0 bridgehead atoms. The highest BCUT2D eigenvalue weighted by Gasteiger charge is 2.24. The van der Waals surface area contributed by atoms with E-state index in [0.29, 0.717) is 12.5 Å². The van der Waals surface area contributed by atoms with Gasteiger partial charge < -0.3 is 10.1 Å². The van der Waals surface area contributed by atoms with E-state index >= 15 is 0 Å². The molecule has 4 heteroatoms. The highest BCUT2D eigenvalue weighted by molar-refractivity contribution is 5.22. The van der Waals surface area contributed by atoms with Crippen molar-refractivity contribution in [3.8, 4) is 0 Å². The summed E-state index contributed by atoms with van der Waals surface area (Å²) in [5.41, 5.74) is 2.55. The molecule has 1 aliphatic carbocycles. The van der Waals surface area contributed by atoms with Gasteiger partial charge >= 0.3 is 0 Å². The van der Waals surface area contributed by atoms with E-state index < -0.39 is 0 Å². The minimum absolute atomic E-state index is 0.0142. The Bertz CT molecular complexity index is 434. The number of nitrogens with zero attached hydrogens (tertiary/aromatic N) is 2. The Morgan fingerprint density at radius 2 is 2.25 bits per heavy atom. The van der Waals surface area contributed by atoms with E-state index in [2.05, 4.69) is 24.1 Å². The average molecular weight is 277 g/mol. The predicted octanol–water partition coefficient (Wildman–Crippen LogP) is 2.53. The molecule has 1 aliphatic rings. The molecular weight excluding hydrogens is 250 g/mol. The Kier molecular flexibility index (Phi) is 5.49. The highest BCUT2D eigenvalue weighted by Crippen LogP contribution is 2.27. The lowest BCUT2D eigenvalue weighted by atomic mass is 9.87. The van der Waals surface area contributed by atoms with Crippen LogP contribution in [0.4, 0.5) is 0 Å². The maximum absolute atomic E-state index is 5.81. The number of rotatable bonds is 6. The number of fused-ring (bicyclic) bond motifs is 1. The Morgan fingerprint density at radius 3 is 2.90 bits per heavy atom. The zero-order valence-corrected chi connectivity index (χ0v) is 13.1. The monoisotopic (exact) mass is 277 g/mol. The quantitative estimate of drug-likeness (QED) is 0.868. The molecule has 0 radical (unpaired) electrons. The first-order valence-corrected chi connectivity index (χ1v) is 7.76. The minimum Gasteiger partial charge on any atom is -0.370 e. The van der Waals surface area contributed by atoms with Gasteiger partial charge in [0.1, 0.15) is 6.10 Å². The number of hydrogen-bond acceptors (Lipinski definition) is 4. The van der Waals surface area contributed by atoms with Crippen molar-refractivity contribution >= 4 is 0 Å². The average Bonchev–Trinajstić information content (AvgIpc) is 2.44. The topological polar surface area (TPSA) is 47.0 Å². The van der Waals surface area contributed by atoms with Gasteiger partial charge in [-0.2, -0.15) is 0 Å². The largest absolute Gasteiger partial charge is 0.370 e. The molecule has 0 fully saturated rings. The fourth-order valence-electron chi connectivity index (χ4n) is 2.94. The van der Waals surface area contributed by atoms with Gasteiger partial charge in [0.25, 0.3) is 0 Å².